The van der Waals surface area contributed by atoms with Crippen LogP contribution in [0.25, 0.3) is 0 Å². The Balaban J connectivity index is 4.35. The maximum Gasteiger partial charge on any atom is 0.472 e. The molecule has 1 unspecified atom stereocenters. The highest BCUT2D eigenvalue weighted by Crippen LogP contribution is 2.43. The van der Waals surface area contributed by atoms with Crippen molar-refractivity contribution < 1.29 is 46.8 Å². The maximum absolute atomic E-state index is 12.3. The first-order valence-corrected chi connectivity index (χ1v) is 17.7. The van der Waals surface area contributed by atoms with Gasteiger partial charge >= 0.3 is 19.8 Å². The highest BCUT2D eigenvalue weighted by molar-refractivity contribution is 7.47. The zero-order valence-corrected chi connectivity index (χ0v) is 27.9. The van der Waals surface area contributed by atoms with Crippen molar-refractivity contribution in [2.24, 2.45) is 0 Å². The fourth-order valence-electron chi connectivity index (χ4n) is 4.22. The molecule has 0 amide bonds. The van der Waals surface area contributed by atoms with E-state index in [-0.39, 0.29) is 26.1 Å². The Hall–Kier alpha value is -1.32. The minimum atomic E-state index is -4.38. The molecule has 2 atom stereocenters. The number of ether oxygens (including phenoxy) is 2. The zero-order valence-electron chi connectivity index (χ0n) is 27.0. The number of carbonyl (C=O) groups excluding carboxylic acids is 3. The third-order valence-corrected chi connectivity index (χ3v) is 7.84. The van der Waals surface area contributed by atoms with Gasteiger partial charge in [-0.1, -0.05) is 90.4 Å². The first-order chi connectivity index (χ1) is 20.0. The second-order valence-electron chi connectivity index (χ2n) is 12.2. The van der Waals surface area contributed by atoms with Crippen LogP contribution in [0.2, 0.25) is 0 Å². The average molecular weight is 623 g/mol. The summed E-state index contributed by atoms with van der Waals surface area (Å²) in [5, 5.41) is 0. The summed E-state index contributed by atoms with van der Waals surface area (Å²) in [4.78, 5) is 45.0. The van der Waals surface area contributed by atoms with Crippen molar-refractivity contribution in [2.45, 2.75) is 135 Å². The van der Waals surface area contributed by atoms with E-state index in [1.165, 1.54) is 64.2 Å². The monoisotopic (exact) mass is 622 g/mol. The molecule has 0 aromatic heterocycles. The minimum absolute atomic E-state index is 0.0105. The number of unbranched alkanes of at least 4 members (excludes halogenated alkanes) is 15. The number of nitrogens with zero attached hydrogens (tertiary/aromatic N) is 1. The van der Waals surface area contributed by atoms with Crippen molar-refractivity contribution in [2.75, 3.05) is 47.5 Å². The Morgan fingerprint density at radius 2 is 1.24 bits per heavy atom. The standard InChI is InChI=1S/C31H60NO9P/c1-5-6-7-8-9-10-11-12-13-14-15-16-19-22-30(34)38-27-29(41-31(35)23-20-17-18-21-25-33)28-40-42(36,37)39-26-24-32(2,3)4/h25,29H,5-24,26-28H2,1-4H3/p+1/t29-/m1/s1. The van der Waals surface area contributed by atoms with Crippen LogP contribution in [-0.2, 0) is 37.5 Å². The molecule has 0 rings (SSSR count). The topological polar surface area (TPSA) is 125 Å². The van der Waals surface area contributed by atoms with Gasteiger partial charge < -0.3 is 23.6 Å². The van der Waals surface area contributed by atoms with Gasteiger partial charge in [0.25, 0.3) is 0 Å². The van der Waals surface area contributed by atoms with Crippen LogP contribution in [0.15, 0.2) is 0 Å². The number of hydrogen-bond acceptors (Lipinski definition) is 8. The summed E-state index contributed by atoms with van der Waals surface area (Å²) in [5.74, 6) is -0.930. The van der Waals surface area contributed by atoms with Gasteiger partial charge in [0.05, 0.1) is 27.7 Å². The molecule has 1 N–H and O–H groups in total. The van der Waals surface area contributed by atoms with Crippen LogP contribution in [0.1, 0.15) is 129 Å². The van der Waals surface area contributed by atoms with Gasteiger partial charge in [0, 0.05) is 19.3 Å². The highest BCUT2D eigenvalue weighted by Gasteiger charge is 2.27. The van der Waals surface area contributed by atoms with Crippen LogP contribution in [0.5, 0.6) is 0 Å². The van der Waals surface area contributed by atoms with Crippen LogP contribution in [-0.4, -0.2) is 81.2 Å². The van der Waals surface area contributed by atoms with E-state index in [4.69, 9.17) is 18.5 Å². The number of likely N-dealkylation sites (N-methyl/N-ethyl adjacent to an activating group) is 1. The Morgan fingerprint density at radius 1 is 0.738 bits per heavy atom. The number of rotatable bonds is 30. The summed E-state index contributed by atoms with van der Waals surface area (Å²) in [6.07, 6.45) is 18.4. The fourth-order valence-corrected chi connectivity index (χ4v) is 4.97. The normalized spacial score (nSPS) is 13.8. The predicted octanol–water partition coefficient (Wildman–Crippen LogP) is 6.91. The van der Waals surface area contributed by atoms with Gasteiger partial charge in [-0.05, 0) is 19.3 Å². The maximum atomic E-state index is 12.3. The van der Waals surface area contributed by atoms with E-state index in [1.807, 2.05) is 21.1 Å². The molecule has 0 fully saturated rings. The first-order valence-electron chi connectivity index (χ1n) is 16.2. The van der Waals surface area contributed by atoms with Crippen LogP contribution >= 0.6 is 7.82 Å². The Kier molecular flexibility index (Phi) is 25.3. The molecule has 248 valence electrons. The number of esters is 2. The van der Waals surface area contributed by atoms with E-state index in [2.05, 4.69) is 6.92 Å². The average Bonchev–Trinajstić information content (AvgIpc) is 2.91. The van der Waals surface area contributed by atoms with Crippen LogP contribution in [0.3, 0.4) is 0 Å². The van der Waals surface area contributed by atoms with Crippen LogP contribution in [0, 0.1) is 0 Å². The molecule has 0 heterocycles. The number of quaternary nitrogens is 1. The smallest absolute Gasteiger partial charge is 0.462 e. The fraction of sp³-hybridized carbons (Fsp3) is 0.903. The summed E-state index contributed by atoms with van der Waals surface area (Å²) >= 11 is 0. The molecule has 0 aliphatic rings. The third kappa shape index (κ3) is 28.8. The molecule has 11 heteroatoms. The Morgan fingerprint density at radius 3 is 1.76 bits per heavy atom. The summed E-state index contributed by atoms with van der Waals surface area (Å²) in [5.41, 5.74) is 0. The Labute approximate surface area is 255 Å². The van der Waals surface area contributed by atoms with Gasteiger partial charge in [-0.3, -0.25) is 18.6 Å². The summed E-state index contributed by atoms with van der Waals surface area (Å²) in [6.45, 7) is 2.03. The van der Waals surface area contributed by atoms with Crippen LogP contribution in [0.4, 0.5) is 0 Å². The van der Waals surface area contributed by atoms with Crippen molar-refractivity contribution in [3.8, 4) is 0 Å². The molecule has 0 aliphatic carbocycles. The van der Waals surface area contributed by atoms with E-state index in [9.17, 15) is 23.8 Å². The van der Waals surface area contributed by atoms with E-state index < -0.39 is 32.5 Å². The lowest BCUT2D eigenvalue weighted by atomic mass is 10.0. The molecule has 0 saturated heterocycles. The molecular formula is C31H61NO9P+. The second kappa shape index (κ2) is 26.1. The third-order valence-electron chi connectivity index (χ3n) is 6.86. The predicted molar refractivity (Wildman–Crippen MR) is 165 cm³/mol. The molecule has 0 radical (unpaired) electrons. The van der Waals surface area contributed by atoms with Gasteiger partial charge in [-0.25, -0.2) is 4.57 Å². The van der Waals surface area contributed by atoms with Crippen molar-refractivity contribution in [1.29, 1.82) is 0 Å². The quantitative estimate of drug-likeness (QED) is 0.0299. The molecule has 0 saturated carbocycles. The van der Waals surface area contributed by atoms with E-state index in [1.54, 1.807) is 0 Å². The number of carbonyl (C=O) groups is 3. The SMILES string of the molecule is CCCCCCCCCCCCCCCC(=O)OC[C@H](COP(=O)(O)OCC[N+](C)(C)C)OC(=O)CCCCCC=O. The molecule has 0 aromatic carbocycles. The molecule has 0 aliphatic heterocycles. The number of aldehydes is 1. The summed E-state index contributed by atoms with van der Waals surface area (Å²) in [6, 6.07) is 0. The molecule has 0 bridgehead atoms. The summed E-state index contributed by atoms with van der Waals surface area (Å²) in [7, 11) is 1.40. The lowest BCUT2D eigenvalue weighted by Crippen LogP contribution is -2.37. The molecule has 0 aromatic rings. The van der Waals surface area contributed by atoms with Gasteiger partial charge in [-0.2, -0.15) is 0 Å². The second-order valence-corrected chi connectivity index (χ2v) is 13.6. The number of phosphoric acid groups is 1. The molecule has 0 spiro atoms. The van der Waals surface area contributed by atoms with E-state index in [0.717, 1.165) is 25.5 Å². The number of hydrogen-bond donors (Lipinski definition) is 1. The lowest BCUT2D eigenvalue weighted by molar-refractivity contribution is -0.870. The van der Waals surface area contributed by atoms with Crippen molar-refractivity contribution in [3.05, 3.63) is 0 Å². The minimum Gasteiger partial charge on any atom is -0.462 e. The van der Waals surface area contributed by atoms with Gasteiger partial charge in [0.15, 0.2) is 6.10 Å². The molecule has 42 heavy (non-hydrogen) atoms. The largest absolute Gasteiger partial charge is 0.472 e. The zero-order chi connectivity index (χ0) is 31.5. The van der Waals surface area contributed by atoms with E-state index in [0.29, 0.717) is 36.7 Å². The summed E-state index contributed by atoms with van der Waals surface area (Å²) < 4.78 is 33.6. The lowest BCUT2D eigenvalue weighted by Gasteiger charge is -2.24. The van der Waals surface area contributed by atoms with Gasteiger partial charge in [-0.15, -0.1) is 0 Å². The van der Waals surface area contributed by atoms with Gasteiger partial charge in [0.2, 0.25) is 0 Å². The van der Waals surface area contributed by atoms with E-state index >= 15 is 0 Å². The van der Waals surface area contributed by atoms with Crippen molar-refractivity contribution in [1.82, 2.24) is 0 Å². The van der Waals surface area contributed by atoms with Crippen molar-refractivity contribution >= 4 is 26.0 Å². The molecular weight excluding hydrogens is 561 g/mol. The van der Waals surface area contributed by atoms with Gasteiger partial charge in [0.1, 0.15) is 26.0 Å². The van der Waals surface area contributed by atoms with Crippen molar-refractivity contribution in [3.63, 3.8) is 0 Å². The highest BCUT2D eigenvalue weighted by atomic mass is 31.2. The first kappa shape index (κ1) is 40.7. The molecule has 10 nitrogen and oxygen atoms in total. The van der Waals surface area contributed by atoms with Crippen LogP contribution < -0.4 is 0 Å². The number of phosphoric ester groups is 1. The Bertz CT molecular complexity index is 742.